The summed E-state index contributed by atoms with van der Waals surface area (Å²) in [7, 11) is 0. The van der Waals surface area contributed by atoms with E-state index in [1.165, 1.54) is 0 Å². The first-order valence-corrected chi connectivity index (χ1v) is 10.3. The zero-order chi connectivity index (χ0) is 21.0. The molecule has 1 unspecified atom stereocenters. The Kier molecular flexibility index (Phi) is 10.1. The Hall–Kier alpha value is -1.96. The molecule has 2 rings (SSSR count). The third kappa shape index (κ3) is 7.10. The fourth-order valence-electron chi connectivity index (χ4n) is 3.10. The van der Waals surface area contributed by atoms with Gasteiger partial charge in [-0.1, -0.05) is 30.3 Å². The Morgan fingerprint density at radius 1 is 1.07 bits per heavy atom. The number of rotatable bonds is 12. The van der Waals surface area contributed by atoms with Crippen molar-refractivity contribution in [1.82, 2.24) is 0 Å². The molecule has 1 saturated heterocycles. The molecular weight excluding hydrogens is 376 g/mol. The SMILES string of the molecule is CCOC(=O)C(CCOCc1ccccc1)(COC1CCCCO1)C(=O)OCC. The molecule has 0 aromatic heterocycles. The maximum atomic E-state index is 12.8. The monoisotopic (exact) mass is 408 g/mol. The number of esters is 2. The minimum absolute atomic E-state index is 0.101. The molecule has 29 heavy (non-hydrogen) atoms. The van der Waals surface area contributed by atoms with Crippen molar-refractivity contribution in [3.8, 4) is 0 Å². The fourth-order valence-corrected chi connectivity index (χ4v) is 3.10. The van der Waals surface area contributed by atoms with Crippen LogP contribution in [0.2, 0.25) is 0 Å². The minimum Gasteiger partial charge on any atom is -0.465 e. The highest BCUT2D eigenvalue weighted by atomic mass is 16.7. The van der Waals surface area contributed by atoms with Crippen molar-refractivity contribution in [2.45, 2.75) is 52.4 Å². The summed E-state index contributed by atoms with van der Waals surface area (Å²) >= 11 is 0. The summed E-state index contributed by atoms with van der Waals surface area (Å²) < 4.78 is 27.5. The van der Waals surface area contributed by atoms with E-state index in [1.54, 1.807) is 13.8 Å². The topological polar surface area (TPSA) is 80.3 Å². The Bertz CT molecular complexity index is 593. The van der Waals surface area contributed by atoms with Crippen molar-refractivity contribution < 1.29 is 33.3 Å². The van der Waals surface area contributed by atoms with Gasteiger partial charge >= 0.3 is 11.9 Å². The third-order valence-corrected chi connectivity index (χ3v) is 4.77. The lowest BCUT2D eigenvalue weighted by atomic mass is 9.85. The molecule has 1 aliphatic rings. The van der Waals surface area contributed by atoms with Crippen molar-refractivity contribution in [3.63, 3.8) is 0 Å². The van der Waals surface area contributed by atoms with Gasteiger partial charge in [-0.05, 0) is 45.1 Å². The molecule has 7 heteroatoms. The van der Waals surface area contributed by atoms with Crippen molar-refractivity contribution in [2.24, 2.45) is 5.41 Å². The minimum atomic E-state index is -1.58. The van der Waals surface area contributed by atoms with Crippen LogP contribution in [0.3, 0.4) is 0 Å². The molecule has 0 bridgehead atoms. The van der Waals surface area contributed by atoms with Gasteiger partial charge in [0.05, 0.1) is 26.4 Å². The van der Waals surface area contributed by atoms with E-state index in [4.69, 9.17) is 23.7 Å². The predicted octanol–water partition coefficient (Wildman–Crippen LogP) is 3.25. The summed E-state index contributed by atoms with van der Waals surface area (Å²) in [6.45, 7) is 4.72. The molecule has 162 valence electrons. The fraction of sp³-hybridized carbons (Fsp3) is 0.636. The second-order valence-corrected chi connectivity index (χ2v) is 6.92. The normalized spacial score (nSPS) is 17.0. The zero-order valence-electron chi connectivity index (χ0n) is 17.4. The summed E-state index contributed by atoms with van der Waals surface area (Å²) in [6.07, 6.45) is 2.36. The number of ether oxygens (including phenoxy) is 5. The summed E-state index contributed by atoms with van der Waals surface area (Å²) in [5, 5.41) is 0. The van der Waals surface area contributed by atoms with Crippen LogP contribution in [0, 0.1) is 5.41 Å². The van der Waals surface area contributed by atoms with Crippen LogP contribution in [0.25, 0.3) is 0 Å². The second-order valence-electron chi connectivity index (χ2n) is 6.92. The van der Waals surface area contributed by atoms with Gasteiger partial charge in [0.15, 0.2) is 11.7 Å². The highest BCUT2D eigenvalue weighted by Gasteiger charge is 2.49. The Morgan fingerprint density at radius 3 is 2.34 bits per heavy atom. The van der Waals surface area contributed by atoms with Gasteiger partial charge in [-0.15, -0.1) is 0 Å². The third-order valence-electron chi connectivity index (χ3n) is 4.77. The van der Waals surface area contributed by atoms with Gasteiger partial charge in [-0.2, -0.15) is 0 Å². The van der Waals surface area contributed by atoms with Crippen LogP contribution >= 0.6 is 0 Å². The van der Waals surface area contributed by atoms with E-state index >= 15 is 0 Å². The average Bonchev–Trinajstić information content (AvgIpc) is 2.75. The van der Waals surface area contributed by atoms with E-state index in [0.717, 1.165) is 24.8 Å². The van der Waals surface area contributed by atoms with Gasteiger partial charge in [-0.25, -0.2) is 0 Å². The summed E-state index contributed by atoms with van der Waals surface area (Å²) in [5.74, 6) is -1.31. The molecule has 0 saturated carbocycles. The number of carbonyl (C=O) groups excluding carboxylic acids is 2. The van der Waals surface area contributed by atoms with Gasteiger partial charge in [-0.3, -0.25) is 9.59 Å². The van der Waals surface area contributed by atoms with Crippen molar-refractivity contribution >= 4 is 11.9 Å². The van der Waals surface area contributed by atoms with Crippen molar-refractivity contribution in [1.29, 1.82) is 0 Å². The lowest BCUT2D eigenvalue weighted by Gasteiger charge is -2.31. The maximum Gasteiger partial charge on any atom is 0.325 e. The molecule has 1 aliphatic heterocycles. The first-order chi connectivity index (χ1) is 14.1. The van der Waals surface area contributed by atoms with Crippen LogP contribution in [0.15, 0.2) is 30.3 Å². The van der Waals surface area contributed by atoms with Crippen LogP contribution in [-0.4, -0.2) is 51.3 Å². The number of benzene rings is 1. The molecule has 0 radical (unpaired) electrons. The molecule has 0 aliphatic carbocycles. The highest BCUT2D eigenvalue weighted by molar-refractivity contribution is 6.00. The van der Waals surface area contributed by atoms with Gasteiger partial charge in [0, 0.05) is 13.2 Å². The molecule has 1 aromatic carbocycles. The molecule has 0 spiro atoms. The number of hydrogen-bond acceptors (Lipinski definition) is 7. The van der Waals surface area contributed by atoms with E-state index in [9.17, 15) is 9.59 Å². The first kappa shape index (κ1) is 23.3. The molecule has 1 atom stereocenters. The smallest absolute Gasteiger partial charge is 0.325 e. The van der Waals surface area contributed by atoms with Crippen molar-refractivity contribution in [2.75, 3.05) is 33.0 Å². The highest BCUT2D eigenvalue weighted by Crippen LogP contribution is 2.29. The van der Waals surface area contributed by atoms with E-state index < -0.39 is 23.6 Å². The average molecular weight is 408 g/mol. The first-order valence-electron chi connectivity index (χ1n) is 10.3. The molecular formula is C22H32O7. The van der Waals surface area contributed by atoms with E-state index in [2.05, 4.69) is 0 Å². The predicted molar refractivity (Wildman–Crippen MR) is 106 cm³/mol. The Morgan fingerprint density at radius 2 is 1.76 bits per heavy atom. The van der Waals surface area contributed by atoms with Crippen LogP contribution in [-0.2, 0) is 39.9 Å². The Balaban J connectivity index is 2.06. The largest absolute Gasteiger partial charge is 0.465 e. The van der Waals surface area contributed by atoms with Gasteiger partial charge in [0.2, 0.25) is 0 Å². The van der Waals surface area contributed by atoms with Gasteiger partial charge in [0.1, 0.15) is 0 Å². The van der Waals surface area contributed by atoms with Gasteiger partial charge < -0.3 is 23.7 Å². The summed E-state index contributed by atoms with van der Waals surface area (Å²) in [6, 6.07) is 9.69. The molecule has 0 amide bonds. The Labute approximate surface area is 172 Å². The second kappa shape index (κ2) is 12.6. The van der Waals surface area contributed by atoms with E-state index in [0.29, 0.717) is 13.2 Å². The number of hydrogen-bond donors (Lipinski definition) is 0. The van der Waals surface area contributed by atoms with E-state index in [1.807, 2.05) is 30.3 Å². The zero-order valence-corrected chi connectivity index (χ0v) is 17.4. The lowest BCUT2D eigenvalue weighted by Crippen LogP contribution is -2.47. The van der Waals surface area contributed by atoms with Crippen LogP contribution < -0.4 is 0 Å². The molecule has 7 nitrogen and oxygen atoms in total. The summed E-state index contributed by atoms with van der Waals surface area (Å²) in [5.41, 5.74) is -0.569. The lowest BCUT2D eigenvalue weighted by molar-refractivity contribution is -0.201. The van der Waals surface area contributed by atoms with E-state index in [-0.39, 0.29) is 32.8 Å². The standard InChI is InChI=1S/C22H32O7/c1-3-26-20(23)22(21(24)27-4-2,17-29-19-12-8-9-14-28-19)13-15-25-16-18-10-6-5-7-11-18/h5-7,10-11,19H,3-4,8-9,12-17H2,1-2H3. The maximum absolute atomic E-state index is 12.8. The molecule has 1 aromatic rings. The van der Waals surface area contributed by atoms with Gasteiger partial charge in [0.25, 0.3) is 0 Å². The van der Waals surface area contributed by atoms with Crippen molar-refractivity contribution in [3.05, 3.63) is 35.9 Å². The number of carbonyl (C=O) groups is 2. The molecule has 0 N–H and O–H groups in total. The van der Waals surface area contributed by atoms with Crippen LogP contribution in [0.4, 0.5) is 0 Å². The van der Waals surface area contributed by atoms with Crippen LogP contribution in [0.5, 0.6) is 0 Å². The molecule has 1 heterocycles. The summed E-state index contributed by atoms with van der Waals surface area (Å²) in [4.78, 5) is 25.6. The van der Waals surface area contributed by atoms with Crippen LogP contribution in [0.1, 0.15) is 45.1 Å². The quantitative estimate of drug-likeness (QED) is 0.298. The molecule has 1 fully saturated rings.